The zero-order valence-electron chi connectivity index (χ0n) is 19.2. The van der Waals surface area contributed by atoms with Gasteiger partial charge in [0.15, 0.2) is 0 Å². The minimum atomic E-state index is -3.35. The van der Waals surface area contributed by atoms with Gasteiger partial charge in [-0.15, -0.1) is 0 Å². The number of anilines is 2. The van der Waals surface area contributed by atoms with Crippen molar-refractivity contribution in [3.05, 3.63) is 59.7 Å². The summed E-state index contributed by atoms with van der Waals surface area (Å²) in [7, 11) is -6.63. The molecule has 2 aromatic rings. The highest BCUT2D eigenvalue weighted by molar-refractivity contribution is 7.92. The summed E-state index contributed by atoms with van der Waals surface area (Å²) in [5.74, 6) is -0.202. The fraction of sp³-hybridized carbons (Fsp3) is 0.409. The van der Waals surface area contributed by atoms with Gasteiger partial charge < -0.3 is 10.2 Å². The van der Waals surface area contributed by atoms with E-state index in [1.165, 1.54) is 0 Å². The zero-order valence-corrected chi connectivity index (χ0v) is 20.8. The molecule has 0 aliphatic heterocycles. The summed E-state index contributed by atoms with van der Waals surface area (Å²) >= 11 is 0. The van der Waals surface area contributed by atoms with Gasteiger partial charge in [0.05, 0.1) is 12.5 Å². The molecule has 11 heteroatoms. The van der Waals surface area contributed by atoms with Crippen LogP contribution in [0.15, 0.2) is 48.5 Å². The quantitative estimate of drug-likeness (QED) is 0.365. The SMILES string of the molecule is CCN(CCCNC(=O)c1ccc(NS(C)(=O)=O)cc1)CCc1ccc(NS(C)(=O)=O)cc1. The van der Waals surface area contributed by atoms with Crippen LogP contribution < -0.4 is 14.8 Å². The van der Waals surface area contributed by atoms with Gasteiger partial charge in [-0.1, -0.05) is 19.1 Å². The number of carbonyl (C=O) groups excluding carboxylic acids is 1. The Kier molecular flexibility index (Phi) is 9.69. The second kappa shape index (κ2) is 12.0. The molecule has 0 saturated heterocycles. The summed E-state index contributed by atoms with van der Waals surface area (Å²) in [6.07, 6.45) is 3.83. The van der Waals surface area contributed by atoms with Crippen LogP contribution in [0.4, 0.5) is 11.4 Å². The smallest absolute Gasteiger partial charge is 0.251 e. The Hall–Kier alpha value is -2.63. The van der Waals surface area contributed by atoms with Crippen molar-refractivity contribution in [3.8, 4) is 0 Å². The molecule has 9 nitrogen and oxygen atoms in total. The highest BCUT2D eigenvalue weighted by Gasteiger charge is 2.08. The third kappa shape index (κ3) is 10.7. The van der Waals surface area contributed by atoms with Gasteiger partial charge in [-0.2, -0.15) is 0 Å². The van der Waals surface area contributed by atoms with Gasteiger partial charge in [-0.05, 0) is 67.9 Å². The van der Waals surface area contributed by atoms with Crippen LogP contribution in [-0.2, 0) is 26.5 Å². The molecular formula is C22H32N4O5S2. The predicted molar refractivity (Wildman–Crippen MR) is 133 cm³/mol. The monoisotopic (exact) mass is 496 g/mol. The van der Waals surface area contributed by atoms with Crippen LogP contribution in [0.2, 0.25) is 0 Å². The van der Waals surface area contributed by atoms with Gasteiger partial charge in [-0.3, -0.25) is 14.2 Å². The number of sulfonamides is 2. The molecule has 1 amide bonds. The van der Waals surface area contributed by atoms with Crippen LogP contribution in [0.5, 0.6) is 0 Å². The van der Waals surface area contributed by atoms with Gasteiger partial charge in [0, 0.05) is 30.0 Å². The number of likely N-dealkylation sites (N-methyl/N-ethyl adjacent to an activating group) is 1. The third-order valence-corrected chi connectivity index (χ3v) is 6.02. The van der Waals surface area contributed by atoms with E-state index in [-0.39, 0.29) is 5.91 Å². The average Bonchev–Trinajstić information content (AvgIpc) is 2.72. The summed E-state index contributed by atoms with van der Waals surface area (Å²) in [4.78, 5) is 14.6. The van der Waals surface area contributed by atoms with Gasteiger partial charge >= 0.3 is 0 Å². The van der Waals surface area contributed by atoms with Crippen molar-refractivity contribution >= 4 is 37.3 Å². The lowest BCUT2D eigenvalue weighted by Crippen LogP contribution is -2.31. The maximum absolute atomic E-state index is 12.3. The van der Waals surface area contributed by atoms with Crippen LogP contribution in [0.3, 0.4) is 0 Å². The first-order valence-corrected chi connectivity index (χ1v) is 14.4. The van der Waals surface area contributed by atoms with E-state index < -0.39 is 20.0 Å². The Morgan fingerprint density at radius 3 is 1.82 bits per heavy atom. The van der Waals surface area contributed by atoms with Crippen LogP contribution >= 0.6 is 0 Å². The lowest BCUT2D eigenvalue weighted by Gasteiger charge is -2.20. The van der Waals surface area contributed by atoms with Gasteiger partial charge in [-0.25, -0.2) is 16.8 Å². The van der Waals surface area contributed by atoms with Crippen LogP contribution in [0, 0.1) is 0 Å². The highest BCUT2D eigenvalue weighted by Crippen LogP contribution is 2.12. The van der Waals surface area contributed by atoms with Crippen molar-refractivity contribution in [1.82, 2.24) is 10.2 Å². The summed E-state index contributed by atoms with van der Waals surface area (Å²) in [6, 6.07) is 13.6. The fourth-order valence-electron chi connectivity index (χ4n) is 3.18. The van der Waals surface area contributed by atoms with Gasteiger partial charge in [0.25, 0.3) is 5.91 Å². The van der Waals surface area contributed by atoms with E-state index in [4.69, 9.17) is 0 Å². The first-order chi connectivity index (χ1) is 15.4. The minimum absolute atomic E-state index is 0.202. The first-order valence-electron chi connectivity index (χ1n) is 10.6. The second-order valence-electron chi connectivity index (χ2n) is 7.82. The number of benzene rings is 2. The van der Waals surface area contributed by atoms with Gasteiger partial charge in [0.1, 0.15) is 0 Å². The summed E-state index contributed by atoms with van der Waals surface area (Å²) in [5, 5.41) is 2.88. The predicted octanol–water partition coefficient (Wildman–Crippen LogP) is 2.11. The standard InChI is InChI=1S/C22H32N4O5S2/c1-4-26(17-14-18-6-10-20(11-7-18)24-32(2,28)29)16-5-15-23-22(27)19-8-12-21(13-9-19)25-33(3,30)31/h6-13,24-25H,4-5,14-17H2,1-3H3,(H,23,27). The van der Waals surface area contributed by atoms with E-state index in [2.05, 4.69) is 26.6 Å². The van der Waals surface area contributed by atoms with Crippen LogP contribution in [-0.4, -0.2) is 66.3 Å². The molecule has 0 radical (unpaired) electrons. The molecule has 33 heavy (non-hydrogen) atoms. The van der Waals surface area contributed by atoms with Crippen molar-refractivity contribution in [3.63, 3.8) is 0 Å². The largest absolute Gasteiger partial charge is 0.352 e. The number of nitrogens with zero attached hydrogens (tertiary/aromatic N) is 1. The lowest BCUT2D eigenvalue weighted by atomic mass is 10.1. The van der Waals surface area contributed by atoms with E-state index >= 15 is 0 Å². The van der Waals surface area contributed by atoms with Crippen molar-refractivity contribution in [2.45, 2.75) is 19.8 Å². The topological polar surface area (TPSA) is 125 Å². The molecule has 2 rings (SSSR count). The molecule has 0 bridgehead atoms. The number of amides is 1. The fourth-order valence-corrected chi connectivity index (χ4v) is 4.31. The minimum Gasteiger partial charge on any atom is -0.352 e. The maximum atomic E-state index is 12.3. The Labute approximate surface area is 196 Å². The van der Waals surface area contributed by atoms with Crippen LogP contribution in [0.25, 0.3) is 0 Å². The summed E-state index contributed by atoms with van der Waals surface area (Å²) < 4.78 is 49.9. The molecular weight excluding hydrogens is 464 g/mol. The number of rotatable bonds is 13. The Balaban J connectivity index is 1.72. The molecule has 2 aromatic carbocycles. The molecule has 0 fully saturated rings. The van der Waals surface area contributed by atoms with E-state index in [0.29, 0.717) is 23.5 Å². The molecule has 0 spiro atoms. The number of carbonyl (C=O) groups is 1. The lowest BCUT2D eigenvalue weighted by molar-refractivity contribution is 0.0951. The number of nitrogens with one attached hydrogen (secondary N) is 3. The highest BCUT2D eigenvalue weighted by atomic mass is 32.2. The molecule has 0 unspecified atom stereocenters. The Bertz CT molecular complexity index is 1120. The molecule has 0 aliphatic rings. The normalized spacial score (nSPS) is 11.9. The molecule has 0 aliphatic carbocycles. The third-order valence-electron chi connectivity index (χ3n) is 4.81. The van der Waals surface area contributed by atoms with Gasteiger partial charge in [0.2, 0.25) is 20.0 Å². The summed E-state index contributed by atoms with van der Waals surface area (Å²) in [6.45, 7) is 5.20. The van der Waals surface area contributed by atoms with Crippen LogP contribution in [0.1, 0.15) is 29.3 Å². The molecule has 182 valence electrons. The average molecular weight is 497 g/mol. The Morgan fingerprint density at radius 1 is 0.818 bits per heavy atom. The first kappa shape index (κ1) is 26.6. The molecule has 0 atom stereocenters. The van der Waals surface area contributed by atoms with E-state index in [0.717, 1.165) is 50.6 Å². The number of hydrogen-bond donors (Lipinski definition) is 3. The van der Waals surface area contributed by atoms with Crippen molar-refractivity contribution in [2.24, 2.45) is 0 Å². The maximum Gasteiger partial charge on any atom is 0.251 e. The van der Waals surface area contributed by atoms with E-state index in [9.17, 15) is 21.6 Å². The molecule has 0 heterocycles. The van der Waals surface area contributed by atoms with Crippen molar-refractivity contribution in [1.29, 1.82) is 0 Å². The molecule has 0 saturated carbocycles. The molecule has 0 aromatic heterocycles. The van der Waals surface area contributed by atoms with Crippen molar-refractivity contribution in [2.75, 3.05) is 48.1 Å². The number of hydrogen-bond acceptors (Lipinski definition) is 6. The summed E-state index contributed by atoms with van der Waals surface area (Å²) in [5.41, 5.74) is 2.55. The second-order valence-corrected chi connectivity index (χ2v) is 11.3. The van der Waals surface area contributed by atoms with E-state index in [1.54, 1.807) is 36.4 Å². The van der Waals surface area contributed by atoms with E-state index in [1.807, 2.05) is 12.1 Å². The van der Waals surface area contributed by atoms with Crippen molar-refractivity contribution < 1.29 is 21.6 Å². The zero-order chi connectivity index (χ0) is 24.5. The molecule has 3 N–H and O–H groups in total. The Morgan fingerprint density at radius 2 is 1.33 bits per heavy atom.